The number of nitrogens with one attached hydrogen (secondary N) is 1. The number of aliphatic carboxylic acids is 1. The summed E-state index contributed by atoms with van der Waals surface area (Å²) in [5.41, 5.74) is 0.298. The van der Waals surface area contributed by atoms with Crippen LogP contribution in [0.5, 0.6) is 0 Å². The number of carbonyl (C=O) groups is 2. The minimum Gasteiger partial charge on any atom is -0.481 e. The SMILES string of the molecule is CC1(C)CCCN(C(=O)NC2CCCC2C(=O)O)CC1. The highest BCUT2D eigenvalue weighted by atomic mass is 16.4. The van der Waals surface area contributed by atoms with Crippen molar-refractivity contribution in [3.63, 3.8) is 0 Å². The predicted molar refractivity (Wildman–Crippen MR) is 76.5 cm³/mol. The zero-order valence-electron chi connectivity index (χ0n) is 12.5. The van der Waals surface area contributed by atoms with Crippen molar-refractivity contribution in [2.45, 2.75) is 58.4 Å². The van der Waals surface area contributed by atoms with Gasteiger partial charge in [-0.1, -0.05) is 20.3 Å². The second-order valence-corrected chi connectivity index (χ2v) is 6.94. The Bertz CT molecular complexity index is 381. The first kappa shape index (κ1) is 15.1. The minimum absolute atomic E-state index is 0.0825. The monoisotopic (exact) mass is 282 g/mol. The molecular formula is C15H26N2O3. The lowest BCUT2D eigenvalue weighted by atomic mass is 9.85. The third kappa shape index (κ3) is 3.64. The molecule has 1 heterocycles. The van der Waals surface area contributed by atoms with Gasteiger partial charge in [-0.05, 0) is 37.5 Å². The lowest BCUT2D eigenvalue weighted by Gasteiger charge is -2.26. The van der Waals surface area contributed by atoms with Crippen LogP contribution < -0.4 is 5.32 Å². The highest BCUT2D eigenvalue weighted by Gasteiger charge is 2.35. The van der Waals surface area contributed by atoms with Crippen molar-refractivity contribution in [3.05, 3.63) is 0 Å². The first-order valence-corrected chi connectivity index (χ1v) is 7.67. The maximum atomic E-state index is 12.3. The summed E-state index contributed by atoms with van der Waals surface area (Å²) in [5, 5.41) is 12.1. The van der Waals surface area contributed by atoms with Crippen LogP contribution in [0.2, 0.25) is 0 Å². The molecule has 2 rings (SSSR count). The van der Waals surface area contributed by atoms with Gasteiger partial charge in [0.1, 0.15) is 0 Å². The van der Waals surface area contributed by atoms with E-state index in [2.05, 4.69) is 19.2 Å². The van der Waals surface area contributed by atoms with Crippen LogP contribution in [0.15, 0.2) is 0 Å². The molecule has 0 radical (unpaired) electrons. The number of likely N-dealkylation sites (tertiary alicyclic amines) is 1. The van der Waals surface area contributed by atoms with E-state index >= 15 is 0 Å². The average molecular weight is 282 g/mol. The maximum absolute atomic E-state index is 12.3. The molecule has 0 spiro atoms. The van der Waals surface area contributed by atoms with Crippen LogP contribution in [-0.2, 0) is 4.79 Å². The molecule has 2 aliphatic rings. The van der Waals surface area contributed by atoms with Gasteiger partial charge in [-0.15, -0.1) is 0 Å². The van der Waals surface area contributed by atoms with Gasteiger partial charge in [0.2, 0.25) is 0 Å². The Morgan fingerprint density at radius 1 is 1.15 bits per heavy atom. The highest BCUT2D eigenvalue weighted by Crippen LogP contribution is 2.30. The van der Waals surface area contributed by atoms with E-state index in [0.29, 0.717) is 11.8 Å². The molecule has 1 aliphatic heterocycles. The fourth-order valence-corrected chi connectivity index (χ4v) is 3.30. The molecule has 0 aromatic heterocycles. The van der Waals surface area contributed by atoms with Crippen LogP contribution in [0.4, 0.5) is 4.79 Å². The Morgan fingerprint density at radius 2 is 1.90 bits per heavy atom. The molecule has 0 aromatic carbocycles. The maximum Gasteiger partial charge on any atom is 0.317 e. The fraction of sp³-hybridized carbons (Fsp3) is 0.867. The van der Waals surface area contributed by atoms with Crippen LogP contribution in [0.3, 0.4) is 0 Å². The Morgan fingerprint density at radius 3 is 2.60 bits per heavy atom. The topological polar surface area (TPSA) is 69.6 Å². The van der Waals surface area contributed by atoms with Crippen molar-refractivity contribution in [3.8, 4) is 0 Å². The normalized spacial score (nSPS) is 29.8. The van der Waals surface area contributed by atoms with E-state index < -0.39 is 11.9 Å². The van der Waals surface area contributed by atoms with Crippen LogP contribution in [-0.4, -0.2) is 41.1 Å². The zero-order chi connectivity index (χ0) is 14.8. The highest BCUT2D eigenvalue weighted by molar-refractivity contribution is 5.77. The third-order valence-electron chi connectivity index (χ3n) is 4.77. The summed E-state index contributed by atoms with van der Waals surface area (Å²) < 4.78 is 0. The Kier molecular flexibility index (Phi) is 4.55. The largest absolute Gasteiger partial charge is 0.481 e. The van der Waals surface area contributed by atoms with Crippen molar-refractivity contribution in [2.75, 3.05) is 13.1 Å². The molecule has 1 aliphatic carbocycles. The molecule has 20 heavy (non-hydrogen) atoms. The van der Waals surface area contributed by atoms with Gasteiger partial charge in [-0.25, -0.2) is 4.79 Å². The van der Waals surface area contributed by atoms with E-state index in [-0.39, 0.29) is 12.1 Å². The molecule has 0 aromatic rings. The third-order valence-corrected chi connectivity index (χ3v) is 4.77. The van der Waals surface area contributed by atoms with Crippen molar-refractivity contribution in [1.82, 2.24) is 10.2 Å². The van der Waals surface area contributed by atoms with E-state index in [1.54, 1.807) is 0 Å². The number of carboxylic acids is 1. The summed E-state index contributed by atoms with van der Waals surface area (Å²) >= 11 is 0. The Labute approximate surface area is 120 Å². The van der Waals surface area contributed by atoms with Crippen LogP contribution in [0.1, 0.15) is 52.4 Å². The standard InChI is InChI=1S/C15H26N2O3/c1-15(2)7-4-9-17(10-8-15)14(20)16-12-6-3-5-11(12)13(18)19/h11-12H,3-10H2,1-2H3,(H,16,20)(H,18,19). The Hall–Kier alpha value is -1.26. The van der Waals surface area contributed by atoms with E-state index in [0.717, 1.165) is 45.2 Å². The van der Waals surface area contributed by atoms with Crippen molar-refractivity contribution < 1.29 is 14.7 Å². The van der Waals surface area contributed by atoms with Gasteiger partial charge in [0, 0.05) is 19.1 Å². The van der Waals surface area contributed by atoms with Crippen LogP contribution >= 0.6 is 0 Å². The summed E-state index contributed by atoms with van der Waals surface area (Å²) in [6, 6.07) is -0.280. The first-order valence-electron chi connectivity index (χ1n) is 7.67. The van der Waals surface area contributed by atoms with E-state index in [9.17, 15) is 9.59 Å². The van der Waals surface area contributed by atoms with Gasteiger partial charge >= 0.3 is 12.0 Å². The molecule has 2 fully saturated rings. The summed E-state index contributed by atoms with van der Waals surface area (Å²) in [6.07, 6.45) is 5.50. The second-order valence-electron chi connectivity index (χ2n) is 6.94. The molecule has 5 heteroatoms. The predicted octanol–water partition coefficient (Wildman–Crippen LogP) is 2.46. The van der Waals surface area contributed by atoms with Gasteiger partial charge < -0.3 is 15.3 Å². The lowest BCUT2D eigenvalue weighted by molar-refractivity contribution is -0.142. The fourth-order valence-electron chi connectivity index (χ4n) is 3.30. The second kappa shape index (κ2) is 6.02. The number of urea groups is 1. The molecule has 1 saturated carbocycles. The molecule has 1 saturated heterocycles. The molecule has 2 amide bonds. The number of amides is 2. The molecule has 2 N–H and O–H groups in total. The summed E-state index contributed by atoms with van der Waals surface area (Å²) in [4.78, 5) is 25.3. The van der Waals surface area contributed by atoms with Gasteiger partial charge in [0.15, 0.2) is 0 Å². The number of carboxylic acid groups (broad SMARTS) is 1. The molecular weight excluding hydrogens is 256 g/mol. The molecule has 114 valence electrons. The van der Waals surface area contributed by atoms with Crippen LogP contribution in [0.25, 0.3) is 0 Å². The zero-order valence-corrected chi connectivity index (χ0v) is 12.5. The summed E-state index contributed by atoms with van der Waals surface area (Å²) in [7, 11) is 0. The van der Waals surface area contributed by atoms with Crippen molar-refractivity contribution in [1.29, 1.82) is 0 Å². The summed E-state index contributed by atoms with van der Waals surface area (Å²) in [5.74, 6) is -1.20. The number of rotatable bonds is 2. The lowest BCUT2D eigenvalue weighted by Crippen LogP contribution is -2.47. The number of carbonyl (C=O) groups excluding carboxylic acids is 1. The van der Waals surface area contributed by atoms with Crippen LogP contribution in [0, 0.1) is 11.3 Å². The van der Waals surface area contributed by atoms with Gasteiger partial charge in [0.05, 0.1) is 5.92 Å². The number of nitrogens with zero attached hydrogens (tertiary/aromatic N) is 1. The smallest absolute Gasteiger partial charge is 0.317 e. The summed E-state index contributed by atoms with van der Waals surface area (Å²) in [6.45, 7) is 6.03. The average Bonchev–Trinajstić information content (AvgIpc) is 2.73. The molecule has 0 bridgehead atoms. The van der Waals surface area contributed by atoms with Gasteiger partial charge in [0.25, 0.3) is 0 Å². The molecule has 2 atom stereocenters. The van der Waals surface area contributed by atoms with E-state index in [1.807, 2.05) is 4.90 Å². The minimum atomic E-state index is -0.787. The molecule has 2 unspecified atom stereocenters. The van der Waals surface area contributed by atoms with E-state index in [4.69, 9.17) is 5.11 Å². The van der Waals surface area contributed by atoms with Gasteiger partial charge in [-0.2, -0.15) is 0 Å². The van der Waals surface area contributed by atoms with E-state index in [1.165, 1.54) is 0 Å². The molecule has 5 nitrogen and oxygen atoms in total. The number of hydrogen-bond donors (Lipinski definition) is 2. The quantitative estimate of drug-likeness (QED) is 0.817. The van der Waals surface area contributed by atoms with Crippen molar-refractivity contribution in [2.24, 2.45) is 11.3 Å². The van der Waals surface area contributed by atoms with Crippen molar-refractivity contribution >= 4 is 12.0 Å². The van der Waals surface area contributed by atoms with Gasteiger partial charge in [-0.3, -0.25) is 4.79 Å². The number of hydrogen-bond acceptors (Lipinski definition) is 2. The Balaban J connectivity index is 1.90. The first-order chi connectivity index (χ1) is 9.39.